The second-order valence-electron chi connectivity index (χ2n) is 6.67. The van der Waals surface area contributed by atoms with E-state index in [1.807, 2.05) is 12.3 Å². The van der Waals surface area contributed by atoms with Gasteiger partial charge < -0.3 is 5.32 Å². The van der Waals surface area contributed by atoms with Gasteiger partial charge >= 0.3 is 0 Å². The third kappa shape index (κ3) is 5.21. The van der Waals surface area contributed by atoms with Crippen LogP contribution in [0, 0.1) is 6.92 Å². The van der Waals surface area contributed by atoms with Gasteiger partial charge in [0.1, 0.15) is 11.6 Å². The minimum atomic E-state index is -3.83. The first-order valence-corrected chi connectivity index (χ1v) is 11.5. The van der Waals surface area contributed by atoms with Gasteiger partial charge in [0.15, 0.2) is 10.8 Å². The van der Waals surface area contributed by atoms with Gasteiger partial charge in [-0.3, -0.25) is 4.18 Å². The molecular weight excluding hydrogens is 410 g/mol. The number of thiazole rings is 1. The fraction of sp³-hybridized carbons (Fsp3) is 0.588. The average molecular weight is 433 g/mol. The van der Waals surface area contributed by atoms with Crippen molar-refractivity contribution in [1.82, 2.24) is 15.0 Å². The molecule has 0 saturated heterocycles. The molecule has 3 rings (SSSR count). The fourth-order valence-corrected chi connectivity index (χ4v) is 4.73. The lowest BCUT2D eigenvalue weighted by Crippen LogP contribution is -2.42. The molecule has 1 unspecified atom stereocenters. The molecule has 0 amide bonds. The number of halogens is 2. The zero-order valence-electron chi connectivity index (χ0n) is 15.6. The monoisotopic (exact) mass is 432 g/mol. The molecule has 1 aliphatic rings. The molecule has 0 spiro atoms. The van der Waals surface area contributed by atoms with Gasteiger partial charge in [-0.2, -0.15) is 8.42 Å². The predicted octanol–water partition coefficient (Wildman–Crippen LogP) is 3.76. The molecule has 7 nitrogen and oxygen atoms in total. The molecule has 154 valence electrons. The number of hydrogen-bond acceptors (Lipinski definition) is 8. The molecule has 2 aromatic rings. The number of nitrogens with zero attached hydrogens (tertiary/aromatic N) is 3. The van der Waals surface area contributed by atoms with E-state index in [4.69, 9.17) is 4.18 Å². The molecule has 0 aliphatic heterocycles. The normalized spacial score (nSPS) is 19.5. The summed E-state index contributed by atoms with van der Waals surface area (Å²) in [5.41, 5.74) is 0.928. The highest BCUT2D eigenvalue weighted by Crippen LogP contribution is 2.35. The molecule has 0 radical (unpaired) electrons. The smallest absolute Gasteiger partial charge is 0.273 e. The Morgan fingerprint density at radius 1 is 1.32 bits per heavy atom. The van der Waals surface area contributed by atoms with Crippen molar-refractivity contribution in [3.05, 3.63) is 22.8 Å². The minimum Gasteiger partial charge on any atom is -0.361 e. The average Bonchev–Trinajstić information content (AvgIpc) is 3.02. The quantitative estimate of drug-likeness (QED) is 0.666. The van der Waals surface area contributed by atoms with Crippen molar-refractivity contribution in [2.24, 2.45) is 0 Å². The maximum Gasteiger partial charge on any atom is 0.273 e. The van der Waals surface area contributed by atoms with Crippen molar-refractivity contribution < 1.29 is 21.4 Å². The van der Waals surface area contributed by atoms with Gasteiger partial charge in [-0.15, -0.1) is 11.3 Å². The number of hydrogen-bond donors (Lipinski definition) is 1. The Labute approximate surface area is 166 Å². The van der Waals surface area contributed by atoms with Gasteiger partial charge in [0.05, 0.1) is 18.3 Å². The molecule has 0 aromatic carbocycles. The molecule has 2 aromatic heterocycles. The van der Waals surface area contributed by atoms with Crippen LogP contribution in [-0.2, 0) is 20.1 Å². The Kier molecular flexibility index (Phi) is 6.25. The van der Waals surface area contributed by atoms with Gasteiger partial charge in [0, 0.05) is 23.6 Å². The molecule has 1 saturated carbocycles. The van der Waals surface area contributed by atoms with Crippen LogP contribution < -0.4 is 5.32 Å². The third-order valence-corrected chi connectivity index (χ3v) is 6.50. The Morgan fingerprint density at radius 2 is 2.11 bits per heavy atom. The van der Waals surface area contributed by atoms with Crippen molar-refractivity contribution in [2.75, 3.05) is 11.9 Å². The second-order valence-corrected chi connectivity index (χ2v) is 9.17. The lowest BCUT2D eigenvalue weighted by molar-refractivity contribution is -0.0449. The van der Waals surface area contributed by atoms with E-state index in [1.165, 1.54) is 17.4 Å². The van der Waals surface area contributed by atoms with Crippen molar-refractivity contribution in [3.8, 4) is 10.8 Å². The summed E-state index contributed by atoms with van der Waals surface area (Å²) in [6.45, 7) is 3.38. The first-order chi connectivity index (χ1) is 13.2. The van der Waals surface area contributed by atoms with Crippen molar-refractivity contribution in [2.45, 2.75) is 57.2 Å². The van der Waals surface area contributed by atoms with Crippen LogP contribution in [0.2, 0.25) is 0 Å². The summed E-state index contributed by atoms with van der Waals surface area (Å²) in [4.78, 5) is 12.9. The number of nitrogens with one attached hydrogen (secondary N) is 1. The van der Waals surface area contributed by atoms with E-state index in [0.717, 1.165) is 5.69 Å². The van der Waals surface area contributed by atoms with Crippen LogP contribution in [-0.4, -0.2) is 41.9 Å². The van der Waals surface area contributed by atoms with Crippen LogP contribution in [0.15, 0.2) is 11.4 Å². The molecular formula is C17H22F2N4O3S2. The lowest BCUT2D eigenvalue weighted by atomic mass is 9.91. The molecule has 0 bridgehead atoms. The van der Waals surface area contributed by atoms with Crippen LogP contribution in [0.3, 0.4) is 0 Å². The van der Waals surface area contributed by atoms with E-state index >= 15 is 0 Å². The first kappa shape index (κ1) is 21.0. The van der Waals surface area contributed by atoms with E-state index < -0.39 is 27.8 Å². The number of rotatable bonds is 7. The van der Waals surface area contributed by atoms with Crippen molar-refractivity contribution in [1.29, 1.82) is 0 Å². The fourth-order valence-electron chi connectivity index (χ4n) is 3.05. The van der Waals surface area contributed by atoms with Crippen LogP contribution >= 0.6 is 11.3 Å². The van der Waals surface area contributed by atoms with Crippen LogP contribution in [0.25, 0.3) is 10.8 Å². The third-order valence-electron chi connectivity index (χ3n) is 4.30. The van der Waals surface area contributed by atoms with E-state index in [9.17, 15) is 17.2 Å². The van der Waals surface area contributed by atoms with E-state index in [-0.39, 0.29) is 30.4 Å². The Balaban J connectivity index is 1.95. The van der Waals surface area contributed by atoms with Gasteiger partial charge in [-0.05, 0) is 26.7 Å². The molecule has 2 heterocycles. The predicted molar refractivity (Wildman–Crippen MR) is 103 cm³/mol. The zero-order chi connectivity index (χ0) is 20.4. The maximum absolute atomic E-state index is 14.2. The Bertz CT molecular complexity index is 934. The highest BCUT2D eigenvalue weighted by atomic mass is 32.2. The first-order valence-electron chi connectivity index (χ1n) is 9.00. The Hall–Kier alpha value is -1.72. The second kappa shape index (κ2) is 8.34. The number of anilines is 1. The molecule has 1 aliphatic carbocycles. The number of aromatic nitrogens is 3. The van der Waals surface area contributed by atoms with Crippen molar-refractivity contribution >= 4 is 27.3 Å². The van der Waals surface area contributed by atoms with E-state index in [1.54, 1.807) is 6.92 Å². The SMILES string of the molecule is CCOS(=O)(=O)Cc1cc(NC2CCCCC2(F)F)nc(-c2nc(C)cs2)n1. The molecule has 1 atom stereocenters. The summed E-state index contributed by atoms with van der Waals surface area (Å²) in [7, 11) is -3.83. The summed E-state index contributed by atoms with van der Waals surface area (Å²) >= 11 is 1.30. The Morgan fingerprint density at radius 3 is 2.75 bits per heavy atom. The van der Waals surface area contributed by atoms with Crippen LogP contribution in [0.4, 0.5) is 14.6 Å². The summed E-state index contributed by atoms with van der Waals surface area (Å²) in [5.74, 6) is -2.97. The zero-order valence-corrected chi connectivity index (χ0v) is 17.2. The van der Waals surface area contributed by atoms with Crippen molar-refractivity contribution in [3.63, 3.8) is 0 Å². The summed E-state index contributed by atoms with van der Waals surface area (Å²) in [5, 5.41) is 5.09. The molecule has 1 fully saturated rings. The van der Waals surface area contributed by atoms with Gasteiger partial charge in [-0.1, -0.05) is 6.42 Å². The van der Waals surface area contributed by atoms with E-state index in [2.05, 4.69) is 20.3 Å². The lowest BCUT2D eigenvalue weighted by Gasteiger charge is -2.32. The summed E-state index contributed by atoms with van der Waals surface area (Å²) < 4.78 is 57.2. The summed E-state index contributed by atoms with van der Waals surface area (Å²) in [6.07, 6.45) is 1.31. The standard InChI is InChI=1S/C17H22F2N4O3S2/c1-3-26-28(24,25)10-12-8-14(22-13-6-4-5-7-17(13,18)19)23-15(21-12)16-20-11(2)9-27-16/h8-9,13H,3-7,10H2,1-2H3,(H,21,22,23). The molecule has 1 N–H and O–H groups in total. The minimum absolute atomic E-state index is 0.00531. The molecule has 28 heavy (non-hydrogen) atoms. The van der Waals surface area contributed by atoms with Gasteiger partial charge in [0.2, 0.25) is 0 Å². The van der Waals surface area contributed by atoms with Crippen LogP contribution in [0.5, 0.6) is 0 Å². The summed E-state index contributed by atoms with van der Waals surface area (Å²) in [6, 6.07) is 0.323. The van der Waals surface area contributed by atoms with Crippen LogP contribution in [0.1, 0.15) is 44.0 Å². The number of alkyl halides is 2. The largest absolute Gasteiger partial charge is 0.361 e. The van der Waals surface area contributed by atoms with Gasteiger partial charge in [-0.25, -0.2) is 23.7 Å². The van der Waals surface area contributed by atoms with E-state index in [0.29, 0.717) is 24.3 Å². The maximum atomic E-state index is 14.2. The highest BCUT2D eigenvalue weighted by molar-refractivity contribution is 7.85. The topological polar surface area (TPSA) is 94.1 Å². The van der Waals surface area contributed by atoms with Gasteiger partial charge in [0.25, 0.3) is 16.0 Å². The number of aryl methyl sites for hydroxylation is 1. The highest BCUT2D eigenvalue weighted by Gasteiger charge is 2.41. The molecule has 11 heteroatoms.